The molecule has 31 heavy (non-hydrogen) atoms. The average molecular weight is 414 g/mol. The van der Waals surface area contributed by atoms with E-state index in [2.05, 4.69) is 22.0 Å². The highest BCUT2D eigenvalue weighted by molar-refractivity contribution is 6.04. The zero-order chi connectivity index (χ0) is 22.1. The zero-order valence-electron chi connectivity index (χ0n) is 17.0. The van der Waals surface area contributed by atoms with Gasteiger partial charge in [-0.05, 0) is 66.2 Å². The molecule has 3 rings (SSSR count). The van der Waals surface area contributed by atoms with Crippen molar-refractivity contribution in [1.82, 2.24) is 0 Å². The van der Waals surface area contributed by atoms with E-state index in [-0.39, 0.29) is 18.4 Å². The van der Waals surface area contributed by atoms with Crippen LogP contribution in [0.4, 0.5) is 17.1 Å². The number of benzene rings is 3. The Labute approximate surface area is 180 Å². The first-order chi connectivity index (χ1) is 15.1. The highest BCUT2D eigenvalue weighted by atomic mass is 16.5. The predicted molar refractivity (Wildman–Crippen MR) is 120 cm³/mol. The lowest BCUT2D eigenvalue weighted by atomic mass is 10.1. The molecule has 3 N–H and O–H groups in total. The van der Waals surface area contributed by atoms with Gasteiger partial charge in [0.2, 0.25) is 5.91 Å². The summed E-state index contributed by atoms with van der Waals surface area (Å²) in [6.45, 7) is 0.0807. The van der Waals surface area contributed by atoms with Gasteiger partial charge in [-0.1, -0.05) is 12.1 Å². The summed E-state index contributed by atoms with van der Waals surface area (Å²) in [4.78, 5) is 24.5. The van der Waals surface area contributed by atoms with Crippen LogP contribution in [0.5, 0.6) is 5.75 Å². The molecule has 0 unspecified atom stereocenters. The fraction of sp³-hybridized carbons (Fsp3) is 0.125. The Morgan fingerprint density at radius 1 is 0.839 bits per heavy atom. The van der Waals surface area contributed by atoms with Crippen molar-refractivity contribution in [2.45, 2.75) is 6.42 Å². The minimum Gasteiger partial charge on any atom is -0.497 e. The Balaban J connectivity index is 1.48. The lowest BCUT2D eigenvalue weighted by Gasteiger charge is -2.09. The van der Waals surface area contributed by atoms with Crippen molar-refractivity contribution in [3.8, 4) is 11.8 Å². The smallest absolute Gasteiger partial charge is 0.255 e. The van der Waals surface area contributed by atoms with Crippen molar-refractivity contribution in [1.29, 1.82) is 5.26 Å². The third-order valence-electron chi connectivity index (χ3n) is 4.47. The molecule has 3 aromatic rings. The molecule has 0 radical (unpaired) electrons. The number of carbonyl (C=O) groups is 2. The van der Waals surface area contributed by atoms with E-state index in [1.54, 1.807) is 67.8 Å². The maximum atomic E-state index is 12.4. The van der Waals surface area contributed by atoms with E-state index in [9.17, 15) is 9.59 Å². The number of amides is 2. The Morgan fingerprint density at radius 3 is 2.03 bits per heavy atom. The van der Waals surface area contributed by atoms with Crippen molar-refractivity contribution in [3.05, 3.63) is 83.9 Å². The van der Waals surface area contributed by atoms with Gasteiger partial charge in [-0.2, -0.15) is 5.26 Å². The van der Waals surface area contributed by atoms with Gasteiger partial charge >= 0.3 is 0 Å². The maximum absolute atomic E-state index is 12.4. The van der Waals surface area contributed by atoms with Crippen molar-refractivity contribution in [2.75, 3.05) is 29.6 Å². The first-order valence-corrected chi connectivity index (χ1v) is 9.62. The van der Waals surface area contributed by atoms with Gasteiger partial charge in [0.05, 0.1) is 26.1 Å². The molecular formula is C24H22N4O3. The number of nitrogens with one attached hydrogen (secondary N) is 3. The van der Waals surface area contributed by atoms with Gasteiger partial charge in [0.15, 0.2) is 0 Å². The summed E-state index contributed by atoms with van der Waals surface area (Å²) in [5, 5.41) is 17.3. The number of ether oxygens (including phenoxy) is 1. The van der Waals surface area contributed by atoms with Crippen LogP contribution in [0.2, 0.25) is 0 Å². The number of hydrogen-bond donors (Lipinski definition) is 3. The molecule has 0 aliphatic carbocycles. The molecule has 0 heterocycles. The first-order valence-electron chi connectivity index (χ1n) is 9.62. The molecule has 0 bridgehead atoms. The normalized spacial score (nSPS) is 9.94. The van der Waals surface area contributed by atoms with E-state index in [1.165, 1.54) is 0 Å². The summed E-state index contributed by atoms with van der Waals surface area (Å²) in [5.74, 6) is 0.289. The Hall–Kier alpha value is -4.31. The summed E-state index contributed by atoms with van der Waals surface area (Å²) in [5.41, 5.74) is 3.46. The van der Waals surface area contributed by atoms with Gasteiger partial charge in [-0.25, -0.2) is 0 Å². The van der Waals surface area contributed by atoms with Gasteiger partial charge in [0, 0.05) is 22.6 Å². The van der Waals surface area contributed by atoms with Crippen molar-refractivity contribution in [2.24, 2.45) is 0 Å². The number of methoxy groups -OCH3 is 1. The number of nitrogens with zero attached hydrogens (tertiary/aromatic N) is 1. The largest absolute Gasteiger partial charge is 0.497 e. The molecule has 0 spiro atoms. The molecule has 3 aromatic carbocycles. The highest BCUT2D eigenvalue weighted by Gasteiger charge is 2.07. The standard InChI is InChI=1S/C24H22N4O3/c1-31-22-12-10-21(11-13-22)28-24(30)18-4-8-19(9-5-18)26-16-23(29)27-20-6-2-17(3-7-20)14-15-25/h2-13,26H,14,16H2,1H3,(H,27,29)(H,28,30). The van der Waals surface area contributed by atoms with Crippen molar-refractivity contribution in [3.63, 3.8) is 0 Å². The van der Waals surface area contributed by atoms with E-state index >= 15 is 0 Å². The third kappa shape index (κ3) is 6.34. The minimum absolute atomic E-state index is 0.0807. The van der Waals surface area contributed by atoms with Crippen LogP contribution in [0.1, 0.15) is 15.9 Å². The average Bonchev–Trinajstić information content (AvgIpc) is 2.80. The second-order valence-electron chi connectivity index (χ2n) is 6.69. The lowest BCUT2D eigenvalue weighted by molar-refractivity contribution is -0.114. The maximum Gasteiger partial charge on any atom is 0.255 e. The molecule has 0 aliphatic heterocycles. The number of anilines is 3. The van der Waals surface area contributed by atoms with Crippen molar-refractivity contribution >= 4 is 28.9 Å². The lowest BCUT2D eigenvalue weighted by Crippen LogP contribution is -2.21. The van der Waals surface area contributed by atoms with Crippen LogP contribution in [0.25, 0.3) is 0 Å². The van der Waals surface area contributed by atoms with Crippen LogP contribution in [0.15, 0.2) is 72.8 Å². The van der Waals surface area contributed by atoms with Crippen molar-refractivity contribution < 1.29 is 14.3 Å². The topological polar surface area (TPSA) is 103 Å². The van der Waals surface area contributed by atoms with Crippen LogP contribution in [-0.4, -0.2) is 25.5 Å². The van der Waals surface area contributed by atoms with Crippen LogP contribution in [0.3, 0.4) is 0 Å². The molecule has 0 atom stereocenters. The summed E-state index contributed by atoms with van der Waals surface area (Å²) in [7, 11) is 1.59. The number of hydrogen-bond acceptors (Lipinski definition) is 5. The summed E-state index contributed by atoms with van der Waals surface area (Å²) >= 11 is 0. The SMILES string of the molecule is COc1ccc(NC(=O)c2ccc(NCC(=O)Nc3ccc(CC#N)cc3)cc2)cc1. The van der Waals surface area contributed by atoms with E-state index < -0.39 is 0 Å². The monoisotopic (exact) mass is 414 g/mol. The second kappa shape index (κ2) is 10.5. The summed E-state index contributed by atoms with van der Waals surface area (Å²) in [6, 6.07) is 23.2. The first kappa shape index (κ1) is 21.4. The van der Waals surface area contributed by atoms with E-state index in [0.717, 1.165) is 11.3 Å². The van der Waals surface area contributed by atoms with Gasteiger partial charge < -0.3 is 20.7 Å². The van der Waals surface area contributed by atoms with Gasteiger partial charge in [0.1, 0.15) is 5.75 Å². The Bertz CT molecular complexity index is 1070. The van der Waals surface area contributed by atoms with Gasteiger partial charge in [-0.3, -0.25) is 9.59 Å². The quantitative estimate of drug-likeness (QED) is 0.516. The van der Waals surface area contributed by atoms with Gasteiger partial charge in [0.25, 0.3) is 5.91 Å². The van der Waals surface area contributed by atoms with E-state index in [1.807, 2.05) is 12.1 Å². The molecule has 0 fully saturated rings. The molecule has 0 aliphatic rings. The molecule has 0 aromatic heterocycles. The highest BCUT2D eigenvalue weighted by Crippen LogP contribution is 2.17. The molecule has 0 saturated carbocycles. The number of nitriles is 1. The molecule has 0 saturated heterocycles. The number of rotatable bonds is 8. The fourth-order valence-electron chi connectivity index (χ4n) is 2.80. The van der Waals surface area contributed by atoms with E-state index in [4.69, 9.17) is 10.00 Å². The van der Waals surface area contributed by atoms with Crippen LogP contribution in [-0.2, 0) is 11.2 Å². The number of carbonyl (C=O) groups excluding carboxylic acids is 2. The predicted octanol–water partition coefficient (Wildman–Crippen LogP) is 4.06. The Morgan fingerprint density at radius 2 is 1.42 bits per heavy atom. The molecule has 2 amide bonds. The second-order valence-corrected chi connectivity index (χ2v) is 6.69. The van der Waals surface area contributed by atoms with E-state index in [0.29, 0.717) is 29.1 Å². The summed E-state index contributed by atoms with van der Waals surface area (Å²) < 4.78 is 5.10. The molecular weight excluding hydrogens is 392 g/mol. The fourth-order valence-corrected chi connectivity index (χ4v) is 2.80. The zero-order valence-corrected chi connectivity index (χ0v) is 17.0. The third-order valence-corrected chi connectivity index (χ3v) is 4.47. The Kier molecular flexibility index (Phi) is 7.22. The van der Waals surface area contributed by atoms with Crippen LogP contribution < -0.4 is 20.7 Å². The molecule has 156 valence electrons. The van der Waals surface area contributed by atoms with Gasteiger partial charge in [-0.15, -0.1) is 0 Å². The van der Waals surface area contributed by atoms with Crippen LogP contribution in [0, 0.1) is 11.3 Å². The molecule has 7 heteroatoms. The summed E-state index contributed by atoms with van der Waals surface area (Å²) in [6.07, 6.45) is 0.337. The van der Waals surface area contributed by atoms with Crippen LogP contribution >= 0.6 is 0 Å². The minimum atomic E-state index is -0.227. The molecule has 7 nitrogen and oxygen atoms in total.